The number of hydrogen-bond donors (Lipinski definition) is 1. The van der Waals surface area contributed by atoms with Gasteiger partial charge in [-0.25, -0.2) is 4.98 Å². The number of hydrogen-bond acceptors (Lipinski definition) is 3. The highest BCUT2D eigenvalue weighted by Crippen LogP contribution is 2.10. The van der Waals surface area contributed by atoms with Crippen LogP contribution < -0.4 is 5.32 Å². The number of anilines is 1. The van der Waals surface area contributed by atoms with Gasteiger partial charge in [0.2, 0.25) is 0 Å². The molecule has 0 atom stereocenters. The number of ketones is 1. The van der Waals surface area contributed by atoms with Crippen molar-refractivity contribution in [2.75, 3.05) is 5.32 Å². The first-order valence-corrected chi connectivity index (χ1v) is 6.17. The highest BCUT2D eigenvalue weighted by atomic mass is 16.2. The van der Waals surface area contributed by atoms with E-state index in [0.717, 1.165) is 5.56 Å². The van der Waals surface area contributed by atoms with Crippen LogP contribution >= 0.6 is 0 Å². The third-order valence-electron chi connectivity index (χ3n) is 2.64. The lowest BCUT2D eigenvalue weighted by Crippen LogP contribution is -2.19. The van der Waals surface area contributed by atoms with E-state index in [-0.39, 0.29) is 11.4 Å². The lowest BCUT2D eigenvalue weighted by Gasteiger charge is -2.05. The Bertz CT molecular complexity index is 634. The first kappa shape index (κ1) is 13.7. The van der Waals surface area contributed by atoms with Crippen molar-refractivity contribution in [1.29, 1.82) is 0 Å². The Balaban J connectivity index is 2.23. The molecule has 0 radical (unpaired) electrons. The van der Waals surface area contributed by atoms with Crippen LogP contribution in [0.3, 0.4) is 0 Å². The summed E-state index contributed by atoms with van der Waals surface area (Å²) in [5.41, 5.74) is 0.899. The number of amides is 1. The molecule has 4 nitrogen and oxygen atoms in total. The quantitative estimate of drug-likeness (QED) is 0.526. The zero-order valence-corrected chi connectivity index (χ0v) is 11.0. The SMILES string of the molecule is CC(=O)/C(=C/c1ccccc1)C(=O)Nc1ccccn1. The van der Waals surface area contributed by atoms with E-state index in [1.807, 2.05) is 30.3 Å². The van der Waals surface area contributed by atoms with E-state index in [4.69, 9.17) is 0 Å². The first-order chi connectivity index (χ1) is 9.66. The van der Waals surface area contributed by atoms with Crippen LogP contribution in [-0.4, -0.2) is 16.7 Å². The van der Waals surface area contributed by atoms with Gasteiger partial charge in [-0.2, -0.15) is 0 Å². The maximum atomic E-state index is 12.1. The molecule has 1 heterocycles. The van der Waals surface area contributed by atoms with E-state index in [1.165, 1.54) is 6.92 Å². The van der Waals surface area contributed by atoms with Crippen molar-refractivity contribution in [3.63, 3.8) is 0 Å². The molecule has 0 aliphatic heterocycles. The molecular formula is C16H14N2O2. The fourth-order valence-electron chi connectivity index (χ4n) is 1.66. The Morgan fingerprint density at radius 3 is 2.35 bits per heavy atom. The minimum Gasteiger partial charge on any atom is -0.306 e. The van der Waals surface area contributed by atoms with E-state index < -0.39 is 5.91 Å². The van der Waals surface area contributed by atoms with Gasteiger partial charge in [0.1, 0.15) is 5.82 Å². The molecule has 20 heavy (non-hydrogen) atoms. The van der Waals surface area contributed by atoms with Crippen molar-refractivity contribution in [3.05, 3.63) is 65.9 Å². The topological polar surface area (TPSA) is 59.1 Å². The fraction of sp³-hybridized carbons (Fsp3) is 0.0625. The second-order valence-corrected chi connectivity index (χ2v) is 4.19. The Hall–Kier alpha value is -2.75. The van der Waals surface area contributed by atoms with Crippen LogP contribution in [0.4, 0.5) is 5.82 Å². The minimum absolute atomic E-state index is 0.0989. The van der Waals surface area contributed by atoms with Crippen LogP contribution in [0, 0.1) is 0 Å². The summed E-state index contributed by atoms with van der Waals surface area (Å²) in [5.74, 6) is -0.333. The number of carbonyl (C=O) groups excluding carboxylic acids is 2. The van der Waals surface area contributed by atoms with Gasteiger partial charge in [-0.05, 0) is 30.7 Å². The summed E-state index contributed by atoms with van der Waals surface area (Å²) in [6, 6.07) is 14.4. The average Bonchev–Trinajstić information content (AvgIpc) is 2.46. The monoisotopic (exact) mass is 266 g/mol. The highest BCUT2D eigenvalue weighted by Gasteiger charge is 2.14. The Morgan fingerprint density at radius 1 is 1.05 bits per heavy atom. The number of nitrogens with one attached hydrogen (secondary N) is 1. The molecule has 0 aliphatic carbocycles. The van der Waals surface area contributed by atoms with Gasteiger partial charge in [0.15, 0.2) is 5.78 Å². The molecule has 1 amide bonds. The van der Waals surface area contributed by atoms with Crippen LogP contribution in [0.15, 0.2) is 60.3 Å². The third-order valence-corrected chi connectivity index (χ3v) is 2.64. The van der Waals surface area contributed by atoms with Crippen molar-refractivity contribution in [2.45, 2.75) is 6.92 Å². The summed E-state index contributed by atoms with van der Waals surface area (Å²) in [6.45, 7) is 1.37. The summed E-state index contributed by atoms with van der Waals surface area (Å²) in [7, 11) is 0. The third kappa shape index (κ3) is 3.62. The molecule has 1 N–H and O–H groups in total. The normalized spacial score (nSPS) is 10.9. The zero-order valence-electron chi connectivity index (χ0n) is 11.0. The fourth-order valence-corrected chi connectivity index (χ4v) is 1.66. The molecule has 0 unspecified atom stereocenters. The van der Waals surface area contributed by atoms with E-state index in [9.17, 15) is 9.59 Å². The minimum atomic E-state index is -0.458. The number of carbonyl (C=O) groups is 2. The van der Waals surface area contributed by atoms with Crippen molar-refractivity contribution in [2.24, 2.45) is 0 Å². The maximum Gasteiger partial charge on any atom is 0.260 e. The molecule has 1 aromatic heterocycles. The van der Waals surface area contributed by atoms with Crippen molar-refractivity contribution >= 4 is 23.6 Å². The molecule has 0 bridgehead atoms. The van der Waals surface area contributed by atoms with Gasteiger partial charge >= 0.3 is 0 Å². The number of nitrogens with zero attached hydrogens (tertiary/aromatic N) is 1. The van der Waals surface area contributed by atoms with Crippen LogP contribution in [0.2, 0.25) is 0 Å². The van der Waals surface area contributed by atoms with E-state index in [2.05, 4.69) is 10.3 Å². The van der Waals surface area contributed by atoms with Gasteiger partial charge in [0, 0.05) is 6.20 Å². The van der Waals surface area contributed by atoms with Crippen LogP contribution in [-0.2, 0) is 9.59 Å². The Morgan fingerprint density at radius 2 is 1.75 bits per heavy atom. The van der Waals surface area contributed by atoms with E-state index >= 15 is 0 Å². The van der Waals surface area contributed by atoms with Crippen LogP contribution in [0.1, 0.15) is 12.5 Å². The van der Waals surface area contributed by atoms with Crippen LogP contribution in [0.5, 0.6) is 0 Å². The van der Waals surface area contributed by atoms with Crippen LogP contribution in [0.25, 0.3) is 6.08 Å². The first-order valence-electron chi connectivity index (χ1n) is 6.17. The number of rotatable bonds is 4. The maximum absolute atomic E-state index is 12.1. The van der Waals surface area contributed by atoms with Gasteiger partial charge in [-0.3, -0.25) is 9.59 Å². The van der Waals surface area contributed by atoms with E-state index in [0.29, 0.717) is 5.82 Å². The summed E-state index contributed by atoms with van der Waals surface area (Å²) in [6.07, 6.45) is 3.14. The number of benzene rings is 1. The molecule has 1 aromatic carbocycles. The molecule has 2 aromatic rings. The molecule has 0 spiro atoms. The predicted molar refractivity (Wildman–Crippen MR) is 78.0 cm³/mol. The van der Waals surface area contributed by atoms with Gasteiger partial charge < -0.3 is 5.32 Å². The Labute approximate surface area is 117 Å². The highest BCUT2D eigenvalue weighted by molar-refractivity contribution is 6.25. The number of Topliss-reactive ketones (excluding diaryl/α,β-unsaturated/α-hetero) is 1. The summed E-state index contributed by atoms with van der Waals surface area (Å²) in [5, 5.41) is 2.60. The summed E-state index contributed by atoms with van der Waals surface area (Å²) >= 11 is 0. The van der Waals surface area contributed by atoms with Gasteiger partial charge in [-0.1, -0.05) is 36.4 Å². The van der Waals surface area contributed by atoms with Gasteiger partial charge in [0.25, 0.3) is 5.91 Å². The Kier molecular flexibility index (Phi) is 4.39. The van der Waals surface area contributed by atoms with Crippen molar-refractivity contribution < 1.29 is 9.59 Å². The van der Waals surface area contributed by atoms with Gasteiger partial charge in [-0.15, -0.1) is 0 Å². The average molecular weight is 266 g/mol. The molecule has 0 saturated carbocycles. The summed E-state index contributed by atoms with van der Waals surface area (Å²) in [4.78, 5) is 27.7. The molecular weight excluding hydrogens is 252 g/mol. The smallest absolute Gasteiger partial charge is 0.260 e. The van der Waals surface area contributed by atoms with Gasteiger partial charge in [0.05, 0.1) is 5.57 Å². The van der Waals surface area contributed by atoms with Crippen molar-refractivity contribution in [3.8, 4) is 0 Å². The molecule has 2 rings (SSSR count). The van der Waals surface area contributed by atoms with E-state index in [1.54, 1.807) is 30.5 Å². The second kappa shape index (κ2) is 6.43. The summed E-state index contributed by atoms with van der Waals surface area (Å²) < 4.78 is 0. The molecule has 0 saturated heterocycles. The largest absolute Gasteiger partial charge is 0.306 e. The lowest BCUT2D eigenvalue weighted by molar-refractivity contribution is -0.118. The lowest BCUT2D eigenvalue weighted by atomic mass is 10.1. The predicted octanol–water partition coefficient (Wildman–Crippen LogP) is 2.69. The second-order valence-electron chi connectivity index (χ2n) is 4.19. The molecule has 0 fully saturated rings. The standard InChI is InChI=1S/C16H14N2O2/c1-12(19)14(11-13-7-3-2-4-8-13)16(20)18-15-9-5-6-10-17-15/h2-11H,1H3,(H,17,18,20)/b14-11-. The molecule has 0 aliphatic rings. The molecule has 100 valence electrons. The zero-order chi connectivity index (χ0) is 14.4. The molecule has 4 heteroatoms. The number of pyridine rings is 1. The van der Waals surface area contributed by atoms with Crippen molar-refractivity contribution in [1.82, 2.24) is 4.98 Å². The number of aromatic nitrogens is 1.